The number of hydrogen-bond acceptors (Lipinski definition) is 5. The van der Waals surface area contributed by atoms with Gasteiger partial charge in [0, 0.05) is 5.56 Å². The van der Waals surface area contributed by atoms with Gasteiger partial charge in [0.05, 0.1) is 19.0 Å². The van der Waals surface area contributed by atoms with Gasteiger partial charge >= 0.3 is 5.97 Å². The van der Waals surface area contributed by atoms with E-state index in [9.17, 15) is 9.59 Å². The number of nitrogens with one attached hydrogen (secondary N) is 2. The molecule has 7 heteroatoms. The lowest BCUT2D eigenvalue weighted by molar-refractivity contribution is -0.926. The first-order chi connectivity index (χ1) is 12.5. The summed E-state index contributed by atoms with van der Waals surface area (Å²) in [5.74, 6) is 0.198. The minimum Gasteiger partial charge on any atom is -0.465 e. The smallest absolute Gasteiger partial charge is 0.348 e. The fraction of sp³-hybridized carbons (Fsp3) is 0.316. The Hall–Kier alpha value is -2.51. The van der Waals surface area contributed by atoms with Gasteiger partial charge in [0.1, 0.15) is 22.8 Å². The lowest BCUT2D eigenvalue weighted by Crippen LogP contribution is -3.09. The molecule has 0 radical (unpaired) electrons. The Morgan fingerprint density at radius 2 is 2.00 bits per heavy atom. The number of nitrogens with zero attached hydrogens (tertiary/aromatic N) is 1. The molecule has 0 fully saturated rings. The zero-order chi connectivity index (χ0) is 18.7. The number of ether oxygens (including phenoxy) is 1. The first kappa shape index (κ1) is 18.3. The summed E-state index contributed by atoms with van der Waals surface area (Å²) in [6, 6.07) is 10.2. The third-order valence-corrected chi connectivity index (χ3v) is 5.60. The predicted molar refractivity (Wildman–Crippen MR) is 102 cm³/mol. The Morgan fingerprint density at radius 1 is 1.27 bits per heavy atom. The zero-order valence-electron chi connectivity index (χ0n) is 15.1. The third kappa shape index (κ3) is 3.68. The molecule has 1 unspecified atom stereocenters. The first-order valence-electron chi connectivity index (χ1n) is 8.51. The van der Waals surface area contributed by atoms with Gasteiger partial charge in [0.25, 0.3) is 5.56 Å². The van der Waals surface area contributed by atoms with Gasteiger partial charge in [-0.05, 0) is 19.4 Å². The summed E-state index contributed by atoms with van der Waals surface area (Å²) in [6.45, 7) is 6.24. The van der Waals surface area contributed by atoms with Crippen LogP contribution in [0.25, 0.3) is 10.2 Å². The van der Waals surface area contributed by atoms with Crippen LogP contribution in [0.1, 0.15) is 33.5 Å². The summed E-state index contributed by atoms with van der Waals surface area (Å²) < 4.78 is 4.79. The Morgan fingerprint density at radius 3 is 2.65 bits per heavy atom. The van der Waals surface area contributed by atoms with Crippen molar-refractivity contribution in [3.63, 3.8) is 0 Å². The average Bonchev–Trinajstić information content (AvgIpc) is 2.98. The molecule has 0 aliphatic heterocycles. The number of H-pyrrole nitrogens is 1. The summed E-state index contributed by atoms with van der Waals surface area (Å²) in [5.41, 5.74) is 1.66. The van der Waals surface area contributed by atoms with E-state index in [1.807, 2.05) is 18.2 Å². The van der Waals surface area contributed by atoms with Crippen LogP contribution in [-0.4, -0.2) is 29.6 Å². The molecular formula is C19H22N3O3S+. The van der Waals surface area contributed by atoms with Crippen LogP contribution in [0.2, 0.25) is 0 Å². The number of fused-ring (bicyclic) bond motifs is 1. The summed E-state index contributed by atoms with van der Waals surface area (Å²) in [5, 5.41) is 0.472. The van der Waals surface area contributed by atoms with E-state index >= 15 is 0 Å². The van der Waals surface area contributed by atoms with Crippen LogP contribution >= 0.6 is 11.3 Å². The van der Waals surface area contributed by atoms with Crippen LogP contribution in [-0.2, 0) is 17.8 Å². The molecule has 0 aliphatic rings. The number of methoxy groups -OCH3 is 1. The number of aromatic nitrogens is 2. The highest BCUT2D eigenvalue weighted by Gasteiger charge is 2.20. The van der Waals surface area contributed by atoms with Gasteiger partial charge in [-0.2, -0.15) is 0 Å². The van der Waals surface area contributed by atoms with Crippen molar-refractivity contribution < 1.29 is 14.4 Å². The number of hydrogen-bond donors (Lipinski definition) is 2. The van der Waals surface area contributed by atoms with E-state index in [-0.39, 0.29) is 5.56 Å². The molecule has 0 saturated heterocycles. The van der Waals surface area contributed by atoms with Crippen LogP contribution in [0, 0.1) is 6.92 Å². The van der Waals surface area contributed by atoms with Crippen LogP contribution in [0.15, 0.2) is 35.1 Å². The van der Waals surface area contributed by atoms with Gasteiger partial charge in [0.2, 0.25) is 0 Å². The van der Waals surface area contributed by atoms with E-state index in [0.29, 0.717) is 33.0 Å². The van der Waals surface area contributed by atoms with Crippen molar-refractivity contribution in [2.45, 2.75) is 26.9 Å². The second-order valence-electron chi connectivity index (χ2n) is 6.18. The van der Waals surface area contributed by atoms with Gasteiger partial charge in [0.15, 0.2) is 5.82 Å². The largest absolute Gasteiger partial charge is 0.465 e. The minimum absolute atomic E-state index is 0.205. The first-order valence-corrected chi connectivity index (χ1v) is 9.33. The van der Waals surface area contributed by atoms with Gasteiger partial charge < -0.3 is 14.6 Å². The third-order valence-electron chi connectivity index (χ3n) is 4.43. The molecule has 0 bridgehead atoms. The van der Waals surface area contributed by atoms with E-state index in [1.165, 1.54) is 28.9 Å². The maximum Gasteiger partial charge on any atom is 0.348 e. The lowest BCUT2D eigenvalue weighted by Gasteiger charge is -2.17. The maximum absolute atomic E-state index is 12.5. The van der Waals surface area contributed by atoms with Crippen molar-refractivity contribution in [2.75, 3.05) is 13.7 Å². The molecule has 0 amide bonds. The fourth-order valence-corrected chi connectivity index (χ4v) is 4.11. The number of aryl methyl sites for hydroxylation is 1. The van der Waals surface area contributed by atoms with Crippen molar-refractivity contribution in [2.24, 2.45) is 0 Å². The number of esters is 1. The molecule has 3 rings (SSSR count). The van der Waals surface area contributed by atoms with Crippen LogP contribution in [0.4, 0.5) is 0 Å². The van der Waals surface area contributed by atoms with Crippen LogP contribution in [0.5, 0.6) is 0 Å². The monoisotopic (exact) mass is 372 g/mol. The minimum atomic E-state index is -0.434. The van der Waals surface area contributed by atoms with Crippen molar-refractivity contribution in [3.8, 4) is 0 Å². The Kier molecular flexibility index (Phi) is 5.49. The molecule has 26 heavy (non-hydrogen) atoms. The number of aromatic amines is 1. The van der Waals surface area contributed by atoms with E-state index in [2.05, 4.69) is 29.0 Å². The summed E-state index contributed by atoms with van der Waals surface area (Å²) in [7, 11) is 1.33. The molecule has 2 aromatic heterocycles. The molecule has 3 aromatic rings. The Bertz CT molecular complexity index is 979. The Labute approximate surface area is 155 Å². The summed E-state index contributed by atoms with van der Waals surface area (Å²) in [6.07, 6.45) is 0. The average molecular weight is 372 g/mol. The second kappa shape index (κ2) is 7.80. The van der Waals surface area contributed by atoms with Gasteiger partial charge in [-0.15, -0.1) is 11.3 Å². The zero-order valence-corrected chi connectivity index (χ0v) is 15.9. The predicted octanol–water partition coefficient (Wildman–Crippen LogP) is 1.68. The molecule has 6 nitrogen and oxygen atoms in total. The van der Waals surface area contributed by atoms with Crippen molar-refractivity contribution in [1.82, 2.24) is 9.97 Å². The van der Waals surface area contributed by atoms with E-state index < -0.39 is 5.97 Å². The van der Waals surface area contributed by atoms with E-state index in [4.69, 9.17) is 4.74 Å². The highest BCUT2D eigenvalue weighted by Crippen LogP contribution is 2.27. The number of benzene rings is 1. The van der Waals surface area contributed by atoms with Gasteiger partial charge in [-0.25, -0.2) is 9.78 Å². The quantitative estimate of drug-likeness (QED) is 0.646. The molecule has 0 saturated carbocycles. The van der Waals surface area contributed by atoms with Crippen molar-refractivity contribution in [3.05, 3.63) is 62.5 Å². The van der Waals surface area contributed by atoms with Gasteiger partial charge in [-0.3, -0.25) is 4.79 Å². The number of carbonyl (C=O) groups is 1. The lowest BCUT2D eigenvalue weighted by atomic mass is 10.2. The number of carbonyl (C=O) groups excluding carboxylic acids is 1. The van der Waals surface area contributed by atoms with E-state index in [0.717, 1.165) is 13.1 Å². The molecule has 0 spiro atoms. The molecule has 2 heterocycles. The van der Waals surface area contributed by atoms with Crippen molar-refractivity contribution >= 4 is 27.5 Å². The normalized spacial score (nSPS) is 12.3. The highest BCUT2D eigenvalue weighted by atomic mass is 32.1. The second-order valence-corrected chi connectivity index (χ2v) is 7.18. The molecule has 1 atom stereocenters. The van der Waals surface area contributed by atoms with Crippen LogP contribution < -0.4 is 10.5 Å². The topological polar surface area (TPSA) is 76.5 Å². The summed E-state index contributed by atoms with van der Waals surface area (Å²) >= 11 is 1.21. The highest BCUT2D eigenvalue weighted by molar-refractivity contribution is 7.20. The molecule has 1 aromatic carbocycles. The van der Waals surface area contributed by atoms with Crippen LogP contribution in [0.3, 0.4) is 0 Å². The molecule has 2 N–H and O–H groups in total. The molecule has 136 valence electrons. The van der Waals surface area contributed by atoms with E-state index in [1.54, 1.807) is 6.92 Å². The number of quaternary nitrogens is 1. The maximum atomic E-state index is 12.5. The number of rotatable bonds is 6. The molecule has 0 aliphatic carbocycles. The standard InChI is InChI=1S/C19H21N3O3S/c1-4-22(10-13-8-6-5-7-9-13)11-14-20-17(23)15-12(2)16(19(24)25-3)26-18(15)21-14/h5-9H,4,10-11H2,1-3H3,(H,20,21,23)/p+1. The molecular weight excluding hydrogens is 350 g/mol. The fourth-order valence-electron chi connectivity index (χ4n) is 2.99. The number of thiophene rings is 1. The van der Waals surface area contributed by atoms with Crippen molar-refractivity contribution in [1.29, 1.82) is 0 Å². The SMILES string of the molecule is CC[NH+](Cc1ccccc1)Cc1nc2sc(C(=O)OC)c(C)c2c(=O)[nH]1. The summed E-state index contributed by atoms with van der Waals surface area (Å²) in [4.78, 5) is 34.2. The Balaban J connectivity index is 1.90. The van der Waals surface area contributed by atoms with Gasteiger partial charge in [-0.1, -0.05) is 30.3 Å².